The van der Waals surface area contributed by atoms with Crippen molar-refractivity contribution >= 4 is 24.2 Å². The number of alkyl halides is 12. The van der Waals surface area contributed by atoms with Gasteiger partial charge in [0.25, 0.3) is 0 Å². The van der Waals surface area contributed by atoms with Crippen LogP contribution in [0.15, 0.2) is 72.8 Å². The summed E-state index contributed by atoms with van der Waals surface area (Å²) >= 11 is 0. The fourth-order valence-corrected chi connectivity index (χ4v) is 9.56. The number of amides is 6. The molecule has 4 aromatic carbocycles. The number of halogens is 14. The zero-order chi connectivity index (χ0) is 61.8. The molecular weight excluding hydrogens is 1120 g/mol. The number of ether oxygens (including phenoxy) is 2. The van der Waals surface area contributed by atoms with Crippen molar-refractivity contribution in [1.82, 2.24) is 30.2 Å². The Labute approximate surface area is 465 Å². The maximum Gasteiger partial charge on any atom is 0.416 e. The van der Waals surface area contributed by atoms with Crippen molar-refractivity contribution in [3.05, 3.63) is 140 Å². The monoisotopic (exact) mass is 1180 g/mol. The van der Waals surface area contributed by atoms with Crippen LogP contribution in [0.2, 0.25) is 0 Å². The summed E-state index contributed by atoms with van der Waals surface area (Å²) in [6, 6.07) is 6.91. The summed E-state index contributed by atoms with van der Waals surface area (Å²) in [6.45, 7) is 12.7. The molecule has 2 heterocycles. The normalized spacial score (nSPS) is 18.2. The average Bonchev–Trinajstić information content (AvgIpc) is 3.24. The highest BCUT2D eigenvalue weighted by molar-refractivity contribution is 5.76. The molecular formula is C56H64F14N6O6. The third-order valence-corrected chi connectivity index (χ3v) is 13.1. The molecule has 2 fully saturated rings. The molecule has 2 saturated heterocycles. The molecule has 82 heavy (non-hydrogen) atoms. The van der Waals surface area contributed by atoms with Crippen LogP contribution in [-0.4, -0.2) is 94.3 Å². The van der Waals surface area contributed by atoms with Crippen molar-refractivity contribution in [2.45, 2.75) is 154 Å². The van der Waals surface area contributed by atoms with Crippen molar-refractivity contribution in [3.63, 3.8) is 0 Å². The van der Waals surface area contributed by atoms with Crippen LogP contribution < -0.4 is 10.6 Å². The van der Waals surface area contributed by atoms with Gasteiger partial charge in [0.1, 0.15) is 22.8 Å². The van der Waals surface area contributed by atoms with Crippen LogP contribution in [0, 0.1) is 25.5 Å². The number of nitrogens with one attached hydrogen (secondary N) is 2. The number of nitrogens with zero attached hydrogens (tertiary/aromatic N) is 4. The number of hydrogen-bond acceptors (Lipinski definition) is 6. The van der Waals surface area contributed by atoms with Crippen LogP contribution in [0.3, 0.4) is 0 Å². The number of piperidine rings is 2. The van der Waals surface area contributed by atoms with Crippen molar-refractivity contribution in [2.75, 3.05) is 27.2 Å². The standard InChI is InChI=1S/2C28H32F7N3O3/c2*1-16-10-20(29)6-7-22(16)23-14-21(36-24(39)41-26(2,3)4)8-9-38(23)25(40)37(5)15-17-11-18(27(30,31)32)13-19(12-17)28(33,34)35/h2*6-7,10-13,21,23H,8-9,14-15H2,1-5H3,(H,36,39)/t2*21-,23-/m10/s1. The molecule has 6 rings (SSSR count). The molecule has 0 aromatic heterocycles. The molecule has 0 spiro atoms. The molecule has 0 aliphatic carbocycles. The number of carbonyl (C=O) groups excluding carboxylic acids is 4. The van der Waals surface area contributed by atoms with E-state index in [1.54, 1.807) is 55.4 Å². The number of likely N-dealkylation sites (tertiary alicyclic amines) is 2. The Morgan fingerprint density at radius 3 is 1.05 bits per heavy atom. The Kier molecular flexibility index (Phi) is 20.2. The summed E-state index contributed by atoms with van der Waals surface area (Å²) in [5, 5.41) is 5.55. The number of carbonyl (C=O) groups is 4. The van der Waals surface area contributed by atoms with Crippen LogP contribution in [0.4, 0.5) is 80.6 Å². The smallest absolute Gasteiger partial charge is 0.416 e. The van der Waals surface area contributed by atoms with E-state index in [1.807, 2.05) is 0 Å². The number of urea groups is 2. The first-order chi connectivity index (χ1) is 37.5. The van der Waals surface area contributed by atoms with Crippen molar-refractivity contribution in [1.29, 1.82) is 0 Å². The van der Waals surface area contributed by atoms with E-state index in [0.29, 0.717) is 59.4 Å². The second kappa shape index (κ2) is 25.2. The molecule has 6 amide bonds. The maximum atomic E-state index is 13.9. The van der Waals surface area contributed by atoms with Gasteiger partial charge in [-0.25, -0.2) is 28.0 Å². The first-order valence-electron chi connectivity index (χ1n) is 25.6. The molecule has 0 radical (unpaired) electrons. The number of alkyl carbamates (subject to hydrolysis) is 2. The van der Waals surface area contributed by atoms with Crippen molar-refractivity contribution in [3.8, 4) is 0 Å². The van der Waals surface area contributed by atoms with E-state index in [1.165, 1.54) is 60.3 Å². The summed E-state index contributed by atoms with van der Waals surface area (Å²) < 4.78 is 198. The van der Waals surface area contributed by atoms with Crippen LogP contribution in [0.5, 0.6) is 0 Å². The minimum absolute atomic E-state index is 0.0289. The summed E-state index contributed by atoms with van der Waals surface area (Å²) in [4.78, 5) is 56.8. The van der Waals surface area contributed by atoms with Crippen LogP contribution in [0.1, 0.15) is 135 Å². The molecule has 2 aliphatic rings. The maximum absolute atomic E-state index is 13.9. The van der Waals surface area contributed by atoms with Crippen molar-refractivity contribution in [2.24, 2.45) is 0 Å². The highest BCUT2D eigenvalue weighted by atomic mass is 19.4. The van der Waals surface area contributed by atoms with E-state index in [9.17, 15) is 80.6 Å². The molecule has 452 valence electrons. The fraction of sp³-hybridized carbons (Fsp3) is 0.500. The number of aryl methyl sites for hydroxylation is 2. The lowest BCUT2D eigenvalue weighted by molar-refractivity contribution is -0.144. The molecule has 12 nitrogen and oxygen atoms in total. The quantitative estimate of drug-likeness (QED) is 0.169. The van der Waals surface area contributed by atoms with E-state index in [2.05, 4.69) is 10.6 Å². The van der Waals surface area contributed by atoms with E-state index >= 15 is 0 Å². The summed E-state index contributed by atoms with van der Waals surface area (Å²) in [6.07, 6.45) is -20.4. The third kappa shape index (κ3) is 18.5. The highest BCUT2D eigenvalue weighted by Gasteiger charge is 2.41. The van der Waals surface area contributed by atoms with Gasteiger partial charge in [-0.2, -0.15) is 52.7 Å². The van der Waals surface area contributed by atoms with Gasteiger partial charge in [0.15, 0.2) is 0 Å². The molecule has 4 aromatic rings. The zero-order valence-corrected chi connectivity index (χ0v) is 46.4. The third-order valence-electron chi connectivity index (χ3n) is 13.1. The molecule has 4 atom stereocenters. The molecule has 26 heteroatoms. The molecule has 0 bridgehead atoms. The number of rotatable bonds is 8. The van der Waals surface area contributed by atoms with E-state index in [0.717, 1.165) is 9.80 Å². The fourth-order valence-electron chi connectivity index (χ4n) is 9.56. The zero-order valence-electron chi connectivity index (χ0n) is 46.4. The van der Waals surface area contributed by atoms with Gasteiger partial charge < -0.3 is 39.7 Å². The van der Waals surface area contributed by atoms with Crippen LogP contribution in [0.25, 0.3) is 0 Å². The summed E-state index contributed by atoms with van der Waals surface area (Å²) in [7, 11) is 2.55. The Morgan fingerprint density at radius 1 is 0.500 bits per heavy atom. The van der Waals surface area contributed by atoms with E-state index in [-0.39, 0.29) is 49.2 Å². The predicted octanol–water partition coefficient (Wildman–Crippen LogP) is 14.9. The Bertz CT molecular complexity index is 2670. The lowest BCUT2D eigenvalue weighted by atomic mass is 9.89. The lowest BCUT2D eigenvalue weighted by Crippen LogP contribution is -2.51. The van der Waals surface area contributed by atoms with Crippen LogP contribution in [-0.2, 0) is 47.3 Å². The lowest BCUT2D eigenvalue weighted by Gasteiger charge is -2.42. The Morgan fingerprint density at radius 2 is 0.793 bits per heavy atom. The largest absolute Gasteiger partial charge is 0.444 e. The van der Waals surface area contributed by atoms with Gasteiger partial charge in [-0.15, -0.1) is 0 Å². The number of benzene rings is 4. The second-order valence-electron chi connectivity index (χ2n) is 22.3. The van der Waals surface area contributed by atoms with Gasteiger partial charge in [0, 0.05) is 52.4 Å². The minimum Gasteiger partial charge on any atom is -0.444 e. The second-order valence-corrected chi connectivity index (χ2v) is 22.3. The minimum atomic E-state index is -5.02. The van der Waals surface area contributed by atoms with Gasteiger partial charge in [-0.05, 0) is 175 Å². The molecule has 2 N–H and O–H groups in total. The summed E-state index contributed by atoms with van der Waals surface area (Å²) in [5.41, 5.74) is -5.86. The molecule has 0 unspecified atom stereocenters. The Balaban J connectivity index is 0.000000301. The van der Waals surface area contributed by atoms with E-state index in [4.69, 9.17) is 9.47 Å². The van der Waals surface area contributed by atoms with Gasteiger partial charge in [0.2, 0.25) is 0 Å². The van der Waals surface area contributed by atoms with Gasteiger partial charge in [0.05, 0.1) is 34.3 Å². The summed E-state index contributed by atoms with van der Waals surface area (Å²) in [5.74, 6) is -0.990. The SMILES string of the molecule is Cc1cc(F)ccc1[C@@H]1C[C@@H](NC(=O)OC(C)(C)C)CCN1C(=O)N(C)Cc1cc(C(F)(F)F)cc(C(F)(F)F)c1.Cc1cc(F)ccc1[C@H]1C[C@H](NC(=O)OC(C)(C)C)CCN1C(=O)N(C)Cc1cc(C(F)(F)F)cc(C(F)(F)F)c1. The van der Waals surface area contributed by atoms with Gasteiger partial charge >= 0.3 is 49.0 Å². The topological polar surface area (TPSA) is 124 Å². The van der Waals surface area contributed by atoms with Crippen LogP contribution >= 0.6 is 0 Å². The van der Waals surface area contributed by atoms with Gasteiger partial charge in [-0.1, -0.05) is 12.1 Å². The average molecular weight is 1180 g/mol. The highest BCUT2D eigenvalue weighted by Crippen LogP contribution is 2.40. The molecule has 0 saturated carbocycles. The first kappa shape index (κ1) is 65.8. The van der Waals surface area contributed by atoms with Gasteiger partial charge in [-0.3, -0.25) is 0 Å². The first-order valence-corrected chi connectivity index (χ1v) is 25.6. The number of hydrogen-bond donors (Lipinski definition) is 2. The Hall–Kier alpha value is -7.02. The van der Waals surface area contributed by atoms with Crippen molar-refractivity contribution < 1.29 is 90.1 Å². The molecule has 2 aliphatic heterocycles. The van der Waals surface area contributed by atoms with E-state index < -0.39 is 131 Å². The predicted molar refractivity (Wildman–Crippen MR) is 273 cm³/mol.